The lowest BCUT2D eigenvalue weighted by Crippen LogP contribution is -2.50. The molecular weight excluding hydrogens is 282 g/mol. The maximum Gasteiger partial charge on any atom is 0.318 e. The van der Waals surface area contributed by atoms with Crippen LogP contribution in [0.15, 0.2) is 4.79 Å². The zero-order valence-corrected chi connectivity index (χ0v) is 13.1. The maximum atomic E-state index is 12.6. The van der Waals surface area contributed by atoms with Crippen molar-refractivity contribution in [1.82, 2.24) is 20.2 Å². The van der Waals surface area contributed by atoms with Crippen molar-refractivity contribution in [3.8, 4) is 0 Å². The predicted molar refractivity (Wildman–Crippen MR) is 83.2 cm³/mol. The first kappa shape index (κ1) is 14.9. The van der Waals surface area contributed by atoms with E-state index in [1.165, 1.54) is 6.42 Å². The molecule has 120 valence electrons. The molecule has 22 heavy (non-hydrogen) atoms. The van der Waals surface area contributed by atoms with E-state index in [0.29, 0.717) is 17.8 Å². The molecule has 2 aliphatic rings. The second-order valence-electron chi connectivity index (χ2n) is 6.70. The SMILES string of the molecule is CC1(C)c2c(nc(N)[nH]c2=O)CN1C(=O)NC1CCCCC1. The molecule has 0 spiro atoms. The summed E-state index contributed by atoms with van der Waals surface area (Å²) in [6.07, 6.45) is 5.61. The van der Waals surface area contributed by atoms with Gasteiger partial charge in [0.05, 0.1) is 23.3 Å². The summed E-state index contributed by atoms with van der Waals surface area (Å²) in [7, 11) is 0. The first-order valence-corrected chi connectivity index (χ1v) is 7.87. The number of nitrogens with two attached hydrogens (primary N) is 1. The Bertz CT molecular complexity index is 646. The van der Waals surface area contributed by atoms with E-state index in [1.54, 1.807) is 4.90 Å². The highest BCUT2D eigenvalue weighted by Crippen LogP contribution is 2.35. The summed E-state index contributed by atoms with van der Waals surface area (Å²) in [6.45, 7) is 4.05. The van der Waals surface area contributed by atoms with Gasteiger partial charge < -0.3 is 16.0 Å². The molecule has 0 aromatic carbocycles. The van der Waals surface area contributed by atoms with E-state index in [0.717, 1.165) is 25.7 Å². The Morgan fingerprint density at radius 3 is 2.73 bits per heavy atom. The number of carbonyl (C=O) groups is 1. The number of aromatic nitrogens is 2. The number of H-pyrrole nitrogens is 1. The van der Waals surface area contributed by atoms with E-state index >= 15 is 0 Å². The van der Waals surface area contributed by atoms with E-state index in [2.05, 4.69) is 15.3 Å². The summed E-state index contributed by atoms with van der Waals surface area (Å²) in [4.78, 5) is 33.2. The number of aromatic amines is 1. The number of fused-ring (bicyclic) bond motifs is 1. The van der Waals surface area contributed by atoms with Gasteiger partial charge in [-0.25, -0.2) is 9.78 Å². The highest BCUT2D eigenvalue weighted by atomic mass is 16.2. The predicted octanol–water partition coefficient (Wildman–Crippen LogP) is 1.45. The van der Waals surface area contributed by atoms with Gasteiger partial charge >= 0.3 is 6.03 Å². The number of hydrogen-bond donors (Lipinski definition) is 3. The Morgan fingerprint density at radius 2 is 2.05 bits per heavy atom. The van der Waals surface area contributed by atoms with Crippen LogP contribution in [0.4, 0.5) is 10.7 Å². The Hall–Kier alpha value is -2.05. The second-order valence-corrected chi connectivity index (χ2v) is 6.70. The van der Waals surface area contributed by atoms with Gasteiger partial charge in [-0.1, -0.05) is 19.3 Å². The molecule has 7 nitrogen and oxygen atoms in total. The van der Waals surface area contributed by atoms with Crippen LogP contribution in [0.25, 0.3) is 0 Å². The molecule has 0 unspecified atom stereocenters. The van der Waals surface area contributed by atoms with Gasteiger partial charge in [-0.3, -0.25) is 9.78 Å². The molecule has 2 amide bonds. The van der Waals surface area contributed by atoms with Crippen LogP contribution in [0.1, 0.15) is 57.2 Å². The van der Waals surface area contributed by atoms with Crippen LogP contribution in [-0.2, 0) is 12.1 Å². The number of amides is 2. The number of nitrogens with zero attached hydrogens (tertiary/aromatic N) is 2. The molecule has 1 aromatic rings. The maximum absolute atomic E-state index is 12.6. The average Bonchev–Trinajstić information content (AvgIpc) is 2.71. The first-order chi connectivity index (χ1) is 10.4. The van der Waals surface area contributed by atoms with Crippen molar-refractivity contribution in [2.24, 2.45) is 0 Å². The van der Waals surface area contributed by atoms with Crippen LogP contribution in [0.2, 0.25) is 0 Å². The number of nitrogen functional groups attached to an aromatic ring is 1. The van der Waals surface area contributed by atoms with E-state index in [4.69, 9.17) is 5.73 Å². The molecule has 3 rings (SSSR count). The minimum Gasteiger partial charge on any atom is -0.369 e. The molecule has 0 saturated heterocycles. The summed E-state index contributed by atoms with van der Waals surface area (Å²) in [5.74, 6) is 0.0917. The molecule has 1 aliphatic carbocycles. The van der Waals surface area contributed by atoms with Gasteiger partial charge in [0.1, 0.15) is 0 Å². The van der Waals surface area contributed by atoms with Crippen LogP contribution in [-0.4, -0.2) is 26.9 Å². The van der Waals surface area contributed by atoms with E-state index in [1.807, 2.05) is 13.8 Å². The van der Waals surface area contributed by atoms with Crippen LogP contribution >= 0.6 is 0 Å². The fourth-order valence-corrected chi connectivity index (χ4v) is 3.59. The third-order valence-electron chi connectivity index (χ3n) is 4.79. The minimum absolute atomic E-state index is 0.0917. The number of urea groups is 1. The zero-order valence-electron chi connectivity index (χ0n) is 13.1. The normalized spacial score (nSPS) is 20.7. The third kappa shape index (κ3) is 2.44. The molecule has 0 atom stereocenters. The quantitative estimate of drug-likeness (QED) is 0.730. The summed E-state index contributed by atoms with van der Waals surface area (Å²) in [6, 6.07) is 0.102. The molecule has 0 radical (unpaired) electrons. The number of carbonyl (C=O) groups excluding carboxylic acids is 1. The van der Waals surface area contributed by atoms with Gasteiger partial charge in [0, 0.05) is 6.04 Å². The Kier molecular flexibility index (Phi) is 3.58. The van der Waals surface area contributed by atoms with Crippen molar-refractivity contribution in [3.05, 3.63) is 21.6 Å². The molecule has 4 N–H and O–H groups in total. The molecular formula is C15H23N5O2. The molecule has 7 heteroatoms. The van der Waals surface area contributed by atoms with Crippen molar-refractivity contribution in [2.45, 2.75) is 64.1 Å². The summed E-state index contributed by atoms with van der Waals surface area (Å²) >= 11 is 0. The van der Waals surface area contributed by atoms with E-state index < -0.39 is 5.54 Å². The van der Waals surface area contributed by atoms with Crippen molar-refractivity contribution in [1.29, 1.82) is 0 Å². The number of nitrogens with one attached hydrogen (secondary N) is 2. The lowest BCUT2D eigenvalue weighted by atomic mass is 9.95. The fraction of sp³-hybridized carbons (Fsp3) is 0.667. The topological polar surface area (TPSA) is 104 Å². The van der Waals surface area contributed by atoms with Gasteiger partial charge in [0.15, 0.2) is 0 Å². The first-order valence-electron chi connectivity index (χ1n) is 7.87. The minimum atomic E-state index is -0.692. The highest BCUT2D eigenvalue weighted by Gasteiger charge is 2.44. The molecule has 1 saturated carbocycles. The van der Waals surface area contributed by atoms with Gasteiger partial charge in [-0.2, -0.15) is 0 Å². The lowest BCUT2D eigenvalue weighted by molar-refractivity contribution is 0.139. The van der Waals surface area contributed by atoms with Gasteiger partial charge in [0.25, 0.3) is 5.56 Å². The van der Waals surface area contributed by atoms with Crippen LogP contribution in [0, 0.1) is 0 Å². The number of anilines is 1. The largest absolute Gasteiger partial charge is 0.369 e. The smallest absolute Gasteiger partial charge is 0.318 e. The molecule has 0 bridgehead atoms. The Balaban J connectivity index is 1.82. The third-order valence-corrected chi connectivity index (χ3v) is 4.79. The highest BCUT2D eigenvalue weighted by molar-refractivity contribution is 5.76. The summed E-state index contributed by atoms with van der Waals surface area (Å²) < 4.78 is 0. The fourth-order valence-electron chi connectivity index (χ4n) is 3.59. The number of rotatable bonds is 1. The molecule has 1 aliphatic heterocycles. The van der Waals surface area contributed by atoms with Gasteiger partial charge in [0.2, 0.25) is 5.95 Å². The van der Waals surface area contributed by atoms with Crippen molar-refractivity contribution < 1.29 is 4.79 Å². The molecule has 1 fully saturated rings. The Morgan fingerprint density at radius 1 is 1.36 bits per heavy atom. The number of hydrogen-bond acceptors (Lipinski definition) is 4. The summed E-state index contributed by atoms with van der Waals surface area (Å²) in [5.41, 5.74) is 5.77. The van der Waals surface area contributed by atoms with Crippen LogP contribution in [0.5, 0.6) is 0 Å². The van der Waals surface area contributed by atoms with Crippen molar-refractivity contribution >= 4 is 12.0 Å². The second kappa shape index (κ2) is 5.30. The van der Waals surface area contributed by atoms with Gasteiger partial charge in [-0.05, 0) is 26.7 Å². The van der Waals surface area contributed by atoms with Crippen molar-refractivity contribution in [2.75, 3.05) is 5.73 Å². The van der Waals surface area contributed by atoms with Gasteiger partial charge in [-0.15, -0.1) is 0 Å². The lowest BCUT2D eigenvalue weighted by Gasteiger charge is -2.34. The van der Waals surface area contributed by atoms with E-state index in [9.17, 15) is 9.59 Å². The summed E-state index contributed by atoms with van der Waals surface area (Å²) in [5, 5.41) is 3.10. The van der Waals surface area contributed by atoms with Crippen LogP contribution in [0.3, 0.4) is 0 Å². The Labute approximate surface area is 129 Å². The monoisotopic (exact) mass is 305 g/mol. The molecule has 2 heterocycles. The van der Waals surface area contributed by atoms with Crippen LogP contribution < -0.4 is 16.6 Å². The molecule has 1 aromatic heterocycles. The average molecular weight is 305 g/mol. The zero-order chi connectivity index (χ0) is 15.9. The standard InChI is InChI=1S/C15H23N5O2/c1-15(2)11-10(18-13(16)19-12(11)21)8-20(15)14(22)17-9-6-4-3-5-7-9/h9H,3-8H2,1-2H3,(H,17,22)(H3,16,18,19,21). The van der Waals surface area contributed by atoms with Crippen molar-refractivity contribution in [3.63, 3.8) is 0 Å². The van der Waals surface area contributed by atoms with E-state index in [-0.39, 0.29) is 23.6 Å².